The first kappa shape index (κ1) is 11.9. The second kappa shape index (κ2) is 6.21. The van der Waals surface area contributed by atoms with Gasteiger partial charge in [-0.2, -0.15) is 11.3 Å². The molecule has 0 amide bonds. The highest BCUT2D eigenvalue weighted by Gasteiger charge is 2.29. The van der Waals surface area contributed by atoms with Crippen LogP contribution in [0.4, 0.5) is 0 Å². The van der Waals surface area contributed by atoms with Gasteiger partial charge in [0.25, 0.3) is 0 Å². The second-order valence-corrected chi connectivity index (χ2v) is 5.43. The van der Waals surface area contributed by atoms with E-state index in [1.54, 1.807) is 11.3 Å². The molecule has 1 nitrogen and oxygen atoms in total. The predicted molar refractivity (Wildman–Crippen MR) is 72.0 cm³/mol. The standard InChI is InChI=1S/C14H21NS/c1-2-3-4-14(13-5-6-13)15-9-7-12-8-10-16-11-12/h2,8,10-11,13-15H,1,3-7,9H2. The molecule has 1 aliphatic rings. The molecular formula is C14H21NS. The maximum Gasteiger partial charge on any atom is 0.00984 e. The van der Waals surface area contributed by atoms with E-state index in [1.807, 2.05) is 6.08 Å². The summed E-state index contributed by atoms with van der Waals surface area (Å²) in [6.07, 6.45) is 8.46. The Hall–Kier alpha value is -0.600. The molecule has 16 heavy (non-hydrogen) atoms. The van der Waals surface area contributed by atoms with Gasteiger partial charge in [0, 0.05) is 6.04 Å². The van der Waals surface area contributed by atoms with Gasteiger partial charge in [0.15, 0.2) is 0 Å². The van der Waals surface area contributed by atoms with Gasteiger partial charge in [-0.3, -0.25) is 0 Å². The topological polar surface area (TPSA) is 12.0 Å². The van der Waals surface area contributed by atoms with E-state index in [1.165, 1.54) is 31.2 Å². The zero-order valence-electron chi connectivity index (χ0n) is 9.82. The SMILES string of the molecule is C=CCCC(NCCc1ccsc1)C1CC1. The number of hydrogen-bond acceptors (Lipinski definition) is 2. The number of rotatable bonds is 8. The lowest BCUT2D eigenvalue weighted by atomic mass is 10.1. The van der Waals surface area contributed by atoms with Crippen molar-refractivity contribution in [3.63, 3.8) is 0 Å². The van der Waals surface area contributed by atoms with Gasteiger partial charge < -0.3 is 5.32 Å². The summed E-state index contributed by atoms with van der Waals surface area (Å²) >= 11 is 1.79. The molecular weight excluding hydrogens is 214 g/mol. The summed E-state index contributed by atoms with van der Waals surface area (Å²) in [6.45, 7) is 4.93. The molecule has 1 N–H and O–H groups in total. The van der Waals surface area contributed by atoms with Crippen LogP contribution in [-0.2, 0) is 6.42 Å². The predicted octanol–water partition coefficient (Wildman–Crippen LogP) is 3.63. The summed E-state index contributed by atoms with van der Waals surface area (Å²) in [5, 5.41) is 8.12. The lowest BCUT2D eigenvalue weighted by Gasteiger charge is -2.17. The van der Waals surface area contributed by atoms with E-state index < -0.39 is 0 Å². The van der Waals surface area contributed by atoms with Gasteiger partial charge in [-0.1, -0.05) is 6.08 Å². The highest BCUT2D eigenvalue weighted by atomic mass is 32.1. The summed E-state index contributed by atoms with van der Waals surface area (Å²) in [6, 6.07) is 2.96. The van der Waals surface area contributed by atoms with E-state index in [4.69, 9.17) is 0 Å². The molecule has 2 heteroatoms. The Morgan fingerprint density at radius 3 is 3.06 bits per heavy atom. The van der Waals surface area contributed by atoms with E-state index in [0.717, 1.165) is 24.9 Å². The minimum atomic E-state index is 0.733. The van der Waals surface area contributed by atoms with Crippen LogP contribution in [0, 0.1) is 5.92 Å². The smallest absolute Gasteiger partial charge is 0.00984 e. The molecule has 2 rings (SSSR count). The van der Waals surface area contributed by atoms with Crippen LogP contribution in [0.25, 0.3) is 0 Å². The van der Waals surface area contributed by atoms with Crippen LogP contribution in [0.15, 0.2) is 29.5 Å². The van der Waals surface area contributed by atoms with E-state index >= 15 is 0 Å². The average molecular weight is 235 g/mol. The van der Waals surface area contributed by atoms with Crippen LogP contribution in [0.2, 0.25) is 0 Å². The zero-order valence-corrected chi connectivity index (χ0v) is 10.6. The minimum absolute atomic E-state index is 0.733. The molecule has 88 valence electrons. The van der Waals surface area contributed by atoms with Crippen molar-refractivity contribution in [1.29, 1.82) is 0 Å². The first-order valence-electron chi connectivity index (χ1n) is 6.25. The Labute approximate surface area is 103 Å². The summed E-state index contributed by atoms with van der Waals surface area (Å²) in [5.41, 5.74) is 1.47. The van der Waals surface area contributed by atoms with Gasteiger partial charge in [0.05, 0.1) is 0 Å². The van der Waals surface area contributed by atoms with E-state index in [2.05, 4.69) is 28.7 Å². The summed E-state index contributed by atoms with van der Waals surface area (Å²) in [4.78, 5) is 0. The lowest BCUT2D eigenvalue weighted by Crippen LogP contribution is -2.32. The zero-order chi connectivity index (χ0) is 11.2. The average Bonchev–Trinajstić information content (AvgIpc) is 3.01. The normalized spacial score (nSPS) is 17.2. The van der Waals surface area contributed by atoms with Crippen LogP contribution in [0.5, 0.6) is 0 Å². The van der Waals surface area contributed by atoms with Gasteiger partial charge in [-0.05, 0) is 67.0 Å². The molecule has 1 heterocycles. The second-order valence-electron chi connectivity index (χ2n) is 4.65. The number of allylic oxidation sites excluding steroid dienone is 1. The molecule has 1 saturated carbocycles. The van der Waals surface area contributed by atoms with Gasteiger partial charge in [-0.25, -0.2) is 0 Å². The molecule has 1 aromatic heterocycles. The lowest BCUT2D eigenvalue weighted by molar-refractivity contribution is 0.441. The third kappa shape index (κ3) is 3.76. The van der Waals surface area contributed by atoms with E-state index in [9.17, 15) is 0 Å². The minimum Gasteiger partial charge on any atom is -0.313 e. The molecule has 1 atom stereocenters. The quantitative estimate of drug-likeness (QED) is 0.679. The van der Waals surface area contributed by atoms with Crippen LogP contribution < -0.4 is 5.32 Å². The number of nitrogens with one attached hydrogen (secondary N) is 1. The van der Waals surface area contributed by atoms with Gasteiger partial charge in [0.2, 0.25) is 0 Å². The first-order valence-corrected chi connectivity index (χ1v) is 7.20. The van der Waals surface area contributed by atoms with Crippen LogP contribution in [0.1, 0.15) is 31.2 Å². The maximum atomic E-state index is 3.81. The molecule has 0 bridgehead atoms. The summed E-state index contributed by atoms with van der Waals surface area (Å²) < 4.78 is 0. The number of thiophene rings is 1. The maximum absolute atomic E-state index is 3.81. The fraction of sp³-hybridized carbons (Fsp3) is 0.571. The molecule has 0 spiro atoms. The molecule has 0 aromatic carbocycles. The summed E-state index contributed by atoms with van der Waals surface area (Å²) in [5.74, 6) is 0.947. The fourth-order valence-corrected chi connectivity index (χ4v) is 2.84. The molecule has 0 radical (unpaired) electrons. The Morgan fingerprint density at radius 2 is 2.44 bits per heavy atom. The van der Waals surface area contributed by atoms with Crippen molar-refractivity contribution in [1.82, 2.24) is 5.32 Å². The van der Waals surface area contributed by atoms with Crippen LogP contribution in [-0.4, -0.2) is 12.6 Å². The molecule has 1 aliphatic carbocycles. The van der Waals surface area contributed by atoms with Crippen molar-refractivity contribution in [3.8, 4) is 0 Å². The highest BCUT2D eigenvalue weighted by Crippen LogP contribution is 2.34. The van der Waals surface area contributed by atoms with Crippen LogP contribution in [0.3, 0.4) is 0 Å². The molecule has 1 unspecified atom stereocenters. The third-order valence-electron chi connectivity index (χ3n) is 3.27. The molecule has 0 aliphatic heterocycles. The van der Waals surface area contributed by atoms with Crippen molar-refractivity contribution in [2.24, 2.45) is 5.92 Å². The largest absolute Gasteiger partial charge is 0.313 e. The fourth-order valence-electron chi connectivity index (χ4n) is 2.14. The molecule has 0 saturated heterocycles. The Morgan fingerprint density at radius 1 is 1.56 bits per heavy atom. The number of hydrogen-bond donors (Lipinski definition) is 1. The van der Waals surface area contributed by atoms with Gasteiger partial charge in [-0.15, -0.1) is 6.58 Å². The molecule has 1 fully saturated rings. The summed E-state index contributed by atoms with van der Waals surface area (Å²) in [7, 11) is 0. The van der Waals surface area contributed by atoms with Gasteiger partial charge in [0.1, 0.15) is 0 Å². The van der Waals surface area contributed by atoms with E-state index in [0.29, 0.717) is 0 Å². The Balaban J connectivity index is 1.67. The van der Waals surface area contributed by atoms with Crippen molar-refractivity contribution < 1.29 is 0 Å². The Bertz CT molecular complexity index is 301. The first-order chi connectivity index (χ1) is 7.90. The van der Waals surface area contributed by atoms with Gasteiger partial charge >= 0.3 is 0 Å². The van der Waals surface area contributed by atoms with Crippen molar-refractivity contribution >= 4 is 11.3 Å². The third-order valence-corrected chi connectivity index (χ3v) is 4.01. The van der Waals surface area contributed by atoms with Crippen LogP contribution >= 0.6 is 11.3 Å². The van der Waals surface area contributed by atoms with Crippen molar-refractivity contribution in [3.05, 3.63) is 35.0 Å². The van der Waals surface area contributed by atoms with Crippen molar-refractivity contribution in [2.45, 2.75) is 38.1 Å². The molecule has 1 aromatic rings. The van der Waals surface area contributed by atoms with E-state index in [-0.39, 0.29) is 0 Å². The monoisotopic (exact) mass is 235 g/mol. The highest BCUT2D eigenvalue weighted by molar-refractivity contribution is 7.07. The van der Waals surface area contributed by atoms with Crippen molar-refractivity contribution in [2.75, 3.05) is 6.54 Å². The Kier molecular flexibility index (Phi) is 4.61.